The third kappa shape index (κ3) is 2.48. The molecule has 1 fully saturated rings. The molecule has 0 unspecified atom stereocenters. The van der Waals surface area contributed by atoms with Gasteiger partial charge in [-0.15, -0.1) is 0 Å². The molecular formula is C12H11NO4S. The van der Waals surface area contributed by atoms with Crippen LogP contribution < -0.4 is 14.8 Å². The highest BCUT2D eigenvalue weighted by Gasteiger charge is 2.24. The largest absolute Gasteiger partial charge is 0.493 e. The molecule has 1 aromatic rings. The molecule has 0 atom stereocenters. The van der Waals surface area contributed by atoms with Gasteiger partial charge in [-0.25, -0.2) is 0 Å². The lowest BCUT2D eigenvalue weighted by molar-refractivity contribution is -0.115. The molecule has 1 aromatic carbocycles. The Balaban J connectivity index is 2.32. The minimum absolute atomic E-state index is 0.355. The van der Waals surface area contributed by atoms with Crippen molar-refractivity contribution in [3.8, 4) is 11.5 Å². The molecular weight excluding hydrogens is 254 g/mol. The van der Waals surface area contributed by atoms with E-state index >= 15 is 0 Å². The first-order chi connectivity index (χ1) is 8.63. The number of methoxy groups -OCH3 is 2. The molecule has 2 amide bonds. The minimum Gasteiger partial charge on any atom is -0.493 e. The van der Waals surface area contributed by atoms with Crippen LogP contribution in [-0.4, -0.2) is 25.4 Å². The molecule has 0 radical (unpaired) electrons. The zero-order valence-corrected chi connectivity index (χ0v) is 10.7. The van der Waals surface area contributed by atoms with Crippen molar-refractivity contribution in [3.63, 3.8) is 0 Å². The average Bonchev–Trinajstić information content (AvgIpc) is 2.67. The van der Waals surface area contributed by atoms with Crippen LogP contribution in [0.2, 0.25) is 0 Å². The molecule has 1 heterocycles. The minimum atomic E-state index is -0.375. The third-order valence-corrected chi connectivity index (χ3v) is 3.16. The number of nitrogens with one attached hydrogen (secondary N) is 1. The zero-order chi connectivity index (χ0) is 13.1. The van der Waals surface area contributed by atoms with E-state index in [0.29, 0.717) is 16.4 Å². The second kappa shape index (κ2) is 5.14. The summed E-state index contributed by atoms with van der Waals surface area (Å²) in [5.74, 6) is 0.806. The summed E-state index contributed by atoms with van der Waals surface area (Å²) < 4.78 is 10.3. The van der Waals surface area contributed by atoms with Crippen molar-refractivity contribution >= 4 is 29.0 Å². The normalized spacial score (nSPS) is 16.9. The molecule has 1 aliphatic rings. The Morgan fingerprint density at radius 3 is 2.44 bits per heavy atom. The van der Waals surface area contributed by atoms with Gasteiger partial charge in [0.1, 0.15) is 0 Å². The predicted octanol–water partition coefficient (Wildman–Crippen LogP) is 2.03. The van der Waals surface area contributed by atoms with Gasteiger partial charge in [0.25, 0.3) is 11.1 Å². The predicted molar refractivity (Wildman–Crippen MR) is 68.7 cm³/mol. The quantitative estimate of drug-likeness (QED) is 0.847. The van der Waals surface area contributed by atoms with Crippen LogP contribution in [0.1, 0.15) is 5.56 Å². The van der Waals surface area contributed by atoms with Crippen molar-refractivity contribution in [3.05, 3.63) is 28.7 Å². The number of imide groups is 1. The van der Waals surface area contributed by atoms with Gasteiger partial charge in [0.2, 0.25) is 0 Å². The molecule has 0 spiro atoms. The Bertz CT molecular complexity index is 539. The Kier molecular flexibility index (Phi) is 3.57. The van der Waals surface area contributed by atoms with Gasteiger partial charge >= 0.3 is 0 Å². The zero-order valence-electron chi connectivity index (χ0n) is 9.85. The second-order valence-corrected chi connectivity index (χ2v) is 4.48. The molecule has 1 N–H and O–H groups in total. The Labute approximate surface area is 108 Å². The van der Waals surface area contributed by atoms with Gasteiger partial charge in [-0.2, -0.15) is 0 Å². The average molecular weight is 265 g/mol. The van der Waals surface area contributed by atoms with Crippen LogP contribution in [0, 0.1) is 0 Å². The van der Waals surface area contributed by atoms with E-state index in [9.17, 15) is 9.59 Å². The molecule has 6 heteroatoms. The van der Waals surface area contributed by atoms with Crippen molar-refractivity contribution in [2.24, 2.45) is 0 Å². The molecule has 0 aromatic heterocycles. The van der Waals surface area contributed by atoms with E-state index < -0.39 is 0 Å². The highest BCUT2D eigenvalue weighted by atomic mass is 32.2. The van der Waals surface area contributed by atoms with E-state index in [1.54, 1.807) is 31.4 Å². The van der Waals surface area contributed by atoms with E-state index in [1.807, 2.05) is 0 Å². The summed E-state index contributed by atoms with van der Waals surface area (Å²) in [6, 6.07) is 5.26. The first-order valence-electron chi connectivity index (χ1n) is 5.11. The molecule has 0 aliphatic carbocycles. The van der Waals surface area contributed by atoms with Crippen molar-refractivity contribution in [2.75, 3.05) is 14.2 Å². The molecule has 0 bridgehead atoms. The lowest BCUT2D eigenvalue weighted by Crippen LogP contribution is -2.17. The topological polar surface area (TPSA) is 64.6 Å². The molecule has 1 saturated heterocycles. The van der Waals surface area contributed by atoms with Gasteiger partial charge < -0.3 is 9.47 Å². The fraction of sp³-hybridized carbons (Fsp3) is 0.167. The second-order valence-electron chi connectivity index (χ2n) is 3.47. The van der Waals surface area contributed by atoms with Crippen LogP contribution in [0.5, 0.6) is 11.5 Å². The van der Waals surface area contributed by atoms with Gasteiger partial charge in [0.15, 0.2) is 11.5 Å². The van der Waals surface area contributed by atoms with Gasteiger partial charge in [0.05, 0.1) is 19.1 Å². The summed E-state index contributed by atoms with van der Waals surface area (Å²) in [6.45, 7) is 0. The summed E-state index contributed by atoms with van der Waals surface area (Å²) in [4.78, 5) is 22.8. The molecule has 2 rings (SSSR count). The maximum absolute atomic E-state index is 11.4. The van der Waals surface area contributed by atoms with Crippen molar-refractivity contribution in [2.45, 2.75) is 0 Å². The van der Waals surface area contributed by atoms with Crippen LogP contribution in [0.3, 0.4) is 0 Å². The van der Waals surface area contributed by atoms with Gasteiger partial charge in [-0.05, 0) is 35.5 Å². The van der Waals surface area contributed by atoms with E-state index in [0.717, 1.165) is 17.3 Å². The Morgan fingerprint density at radius 1 is 1.17 bits per heavy atom. The lowest BCUT2D eigenvalue weighted by Gasteiger charge is -2.07. The maximum Gasteiger partial charge on any atom is 0.290 e. The number of amides is 2. The SMILES string of the molecule is COc1ccc(/C=C2\SC(=O)NC2=O)cc1OC. The van der Waals surface area contributed by atoms with Crippen molar-refractivity contribution < 1.29 is 19.1 Å². The van der Waals surface area contributed by atoms with E-state index in [2.05, 4.69) is 5.32 Å². The summed E-state index contributed by atoms with van der Waals surface area (Å²) in [5, 5.41) is 1.84. The number of hydrogen-bond donors (Lipinski definition) is 1. The Morgan fingerprint density at radius 2 is 1.89 bits per heavy atom. The highest BCUT2D eigenvalue weighted by Crippen LogP contribution is 2.31. The van der Waals surface area contributed by atoms with Crippen molar-refractivity contribution in [1.82, 2.24) is 5.32 Å². The fourth-order valence-electron chi connectivity index (χ4n) is 1.52. The lowest BCUT2D eigenvalue weighted by atomic mass is 10.2. The molecule has 1 aliphatic heterocycles. The number of rotatable bonds is 3. The fourth-order valence-corrected chi connectivity index (χ4v) is 2.20. The number of ether oxygens (including phenoxy) is 2. The Hall–Kier alpha value is -1.95. The highest BCUT2D eigenvalue weighted by molar-refractivity contribution is 8.18. The van der Waals surface area contributed by atoms with Crippen molar-refractivity contribution in [1.29, 1.82) is 0 Å². The summed E-state index contributed by atoms with van der Waals surface area (Å²) in [6.07, 6.45) is 1.63. The van der Waals surface area contributed by atoms with E-state index in [1.165, 1.54) is 7.11 Å². The maximum atomic E-state index is 11.4. The number of carbonyl (C=O) groups is 2. The van der Waals surface area contributed by atoms with Crippen LogP contribution in [0.25, 0.3) is 6.08 Å². The van der Waals surface area contributed by atoms with Crippen LogP contribution in [0.15, 0.2) is 23.1 Å². The number of benzene rings is 1. The first-order valence-corrected chi connectivity index (χ1v) is 5.92. The summed E-state index contributed by atoms with van der Waals surface area (Å²) >= 11 is 0.881. The summed E-state index contributed by atoms with van der Waals surface area (Å²) in [5.41, 5.74) is 0.764. The van der Waals surface area contributed by atoms with Crippen LogP contribution >= 0.6 is 11.8 Å². The third-order valence-electron chi connectivity index (χ3n) is 2.35. The van der Waals surface area contributed by atoms with Crippen LogP contribution in [-0.2, 0) is 4.79 Å². The molecule has 94 valence electrons. The molecule has 5 nitrogen and oxygen atoms in total. The smallest absolute Gasteiger partial charge is 0.290 e. The van der Waals surface area contributed by atoms with Gasteiger partial charge in [0, 0.05) is 0 Å². The van der Waals surface area contributed by atoms with Gasteiger partial charge in [-0.3, -0.25) is 14.9 Å². The number of thioether (sulfide) groups is 1. The summed E-state index contributed by atoms with van der Waals surface area (Å²) in [7, 11) is 3.09. The first kappa shape index (κ1) is 12.5. The molecule has 18 heavy (non-hydrogen) atoms. The van der Waals surface area contributed by atoms with Gasteiger partial charge in [-0.1, -0.05) is 6.07 Å². The van der Waals surface area contributed by atoms with E-state index in [4.69, 9.17) is 9.47 Å². The monoisotopic (exact) mass is 265 g/mol. The standard InChI is InChI=1S/C12H11NO4S/c1-16-8-4-3-7(5-9(8)17-2)6-10-11(14)13-12(15)18-10/h3-6H,1-2H3,(H,13,14,15)/b10-6-. The van der Waals surface area contributed by atoms with E-state index in [-0.39, 0.29) is 11.1 Å². The molecule has 0 saturated carbocycles. The number of hydrogen-bond acceptors (Lipinski definition) is 5. The van der Waals surface area contributed by atoms with Crippen LogP contribution in [0.4, 0.5) is 4.79 Å². The number of carbonyl (C=O) groups excluding carboxylic acids is 2.